The van der Waals surface area contributed by atoms with Gasteiger partial charge in [0.2, 0.25) is 0 Å². The fraction of sp³-hybridized carbons (Fsp3) is 0.250. The maximum absolute atomic E-state index is 12.1. The molecule has 0 unspecified atom stereocenters. The van der Waals surface area contributed by atoms with Gasteiger partial charge in [-0.3, -0.25) is 4.79 Å². The van der Waals surface area contributed by atoms with Crippen LogP contribution in [0.1, 0.15) is 24.2 Å². The van der Waals surface area contributed by atoms with Crippen molar-refractivity contribution in [2.45, 2.75) is 13.8 Å². The first-order valence-corrected chi connectivity index (χ1v) is 7.49. The van der Waals surface area contributed by atoms with Gasteiger partial charge < -0.3 is 10.1 Å². The van der Waals surface area contributed by atoms with Crippen molar-refractivity contribution < 1.29 is 9.53 Å². The van der Waals surface area contributed by atoms with E-state index in [1.54, 1.807) is 36.5 Å². The van der Waals surface area contributed by atoms with Gasteiger partial charge in [-0.1, -0.05) is 13.8 Å². The molecule has 0 fully saturated rings. The maximum atomic E-state index is 12.1. The van der Waals surface area contributed by atoms with E-state index in [-0.39, 0.29) is 5.91 Å². The quantitative estimate of drug-likeness (QED) is 0.883. The first-order chi connectivity index (χ1) is 10.0. The van der Waals surface area contributed by atoms with Gasteiger partial charge in [0, 0.05) is 16.2 Å². The molecule has 0 saturated carbocycles. The Kier molecular flexibility index (Phi) is 5.33. The standard InChI is InChI=1S/C16H17BrN2O2/c1-11(2)10-21-14-6-3-12(4-7-14)16(20)19-15-8-5-13(17)9-18-15/h3-9,11H,10H2,1-2H3,(H,18,19,20). The number of rotatable bonds is 5. The number of hydrogen-bond donors (Lipinski definition) is 1. The summed E-state index contributed by atoms with van der Waals surface area (Å²) in [5, 5.41) is 2.74. The van der Waals surface area contributed by atoms with Crippen LogP contribution in [0.3, 0.4) is 0 Å². The molecule has 0 bridgehead atoms. The van der Waals surface area contributed by atoms with Crippen molar-refractivity contribution in [3.63, 3.8) is 0 Å². The van der Waals surface area contributed by atoms with Crippen LogP contribution in [0, 0.1) is 5.92 Å². The first-order valence-electron chi connectivity index (χ1n) is 6.70. The number of hydrogen-bond acceptors (Lipinski definition) is 3. The predicted octanol–water partition coefficient (Wildman–Crippen LogP) is 4.13. The Hall–Kier alpha value is -1.88. The van der Waals surface area contributed by atoms with Gasteiger partial charge in [-0.2, -0.15) is 0 Å². The molecule has 5 heteroatoms. The van der Waals surface area contributed by atoms with Crippen LogP contribution in [0.5, 0.6) is 5.75 Å². The minimum atomic E-state index is -0.194. The Morgan fingerprint density at radius 2 is 1.95 bits per heavy atom. The van der Waals surface area contributed by atoms with Crippen LogP contribution < -0.4 is 10.1 Å². The Labute approximate surface area is 132 Å². The predicted molar refractivity (Wildman–Crippen MR) is 86.7 cm³/mol. The van der Waals surface area contributed by atoms with E-state index in [1.165, 1.54) is 0 Å². The highest BCUT2D eigenvalue weighted by atomic mass is 79.9. The SMILES string of the molecule is CC(C)COc1ccc(C(=O)Nc2ccc(Br)cn2)cc1. The van der Waals surface area contributed by atoms with Crippen LogP contribution in [0.4, 0.5) is 5.82 Å². The highest BCUT2D eigenvalue weighted by Gasteiger charge is 2.07. The number of nitrogens with zero attached hydrogens (tertiary/aromatic N) is 1. The van der Waals surface area contributed by atoms with Gasteiger partial charge >= 0.3 is 0 Å². The minimum absolute atomic E-state index is 0.194. The third-order valence-electron chi connectivity index (χ3n) is 2.67. The van der Waals surface area contributed by atoms with Crippen molar-refractivity contribution in [1.29, 1.82) is 0 Å². The van der Waals surface area contributed by atoms with Crippen molar-refractivity contribution in [3.8, 4) is 5.75 Å². The maximum Gasteiger partial charge on any atom is 0.256 e. The number of nitrogens with one attached hydrogen (secondary N) is 1. The van der Waals surface area contributed by atoms with Crippen LogP contribution in [0.2, 0.25) is 0 Å². The monoisotopic (exact) mass is 348 g/mol. The summed E-state index contributed by atoms with van der Waals surface area (Å²) in [6.45, 7) is 4.84. The summed E-state index contributed by atoms with van der Waals surface area (Å²) >= 11 is 3.30. The van der Waals surface area contributed by atoms with Gasteiger partial charge in [0.15, 0.2) is 0 Å². The van der Waals surface area contributed by atoms with E-state index in [9.17, 15) is 4.79 Å². The molecule has 4 nitrogen and oxygen atoms in total. The number of ether oxygens (including phenoxy) is 1. The van der Waals surface area contributed by atoms with Crippen molar-refractivity contribution in [1.82, 2.24) is 4.98 Å². The molecule has 1 amide bonds. The third-order valence-corrected chi connectivity index (χ3v) is 3.14. The summed E-state index contributed by atoms with van der Waals surface area (Å²) in [5.74, 6) is 1.56. The number of aromatic nitrogens is 1. The fourth-order valence-corrected chi connectivity index (χ4v) is 1.84. The summed E-state index contributed by atoms with van der Waals surface area (Å²) in [6.07, 6.45) is 1.64. The summed E-state index contributed by atoms with van der Waals surface area (Å²) in [5.41, 5.74) is 0.566. The molecular formula is C16H17BrN2O2. The lowest BCUT2D eigenvalue weighted by molar-refractivity contribution is 0.102. The molecule has 1 N–H and O–H groups in total. The molecule has 0 saturated heterocycles. The number of benzene rings is 1. The molecule has 1 aromatic carbocycles. The van der Waals surface area contributed by atoms with Gasteiger partial charge in [-0.15, -0.1) is 0 Å². The highest BCUT2D eigenvalue weighted by molar-refractivity contribution is 9.10. The van der Waals surface area contributed by atoms with E-state index < -0.39 is 0 Å². The van der Waals surface area contributed by atoms with Gasteiger partial charge in [0.25, 0.3) is 5.91 Å². The zero-order chi connectivity index (χ0) is 15.2. The zero-order valence-corrected chi connectivity index (χ0v) is 13.6. The van der Waals surface area contributed by atoms with Crippen molar-refractivity contribution in [2.75, 3.05) is 11.9 Å². The number of halogens is 1. The molecule has 0 aliphatic heterocycles. The zero-order valence-electron chi connectivity index (χ0n) is 12.0. The van der Waals surface area contributed by atoms with Gasteiger partial charge in [-0.05, 0) is 58.2 Å². The molecule has 1 aromatic heterocycles. The summed E-state index contributed by atoms with van der Waals surface area (Å²) in [6, 6.07) is 10.6. The van der Waals surface area contributed by atoms with Crippen LogP contribution in [-0.4, -0.2) is 17.5 Å². The number of carbonyl (C=O) groups is 1. The lowest BCUT2D eigenvalue weighted by Gasteiger charge is -2.09. The Morgan fingerprint density at radius 3 is 2.52 bits per heavy atom. The topological polar surface area (TPSA) is 51.2 Å². The van der Waals surface area contributed by atoms with E-state index in [1.807, 2.05) is 6.07 Å². The number of anilines is 1. The molecule has 21 heavy (non-hydrogen) atoms. The van der Waals surface area contributed by atoms with E-state index in [4.69, 9.17) is 4.74 Å². The average Bonchev–Trinajstić information content (AvgIpc) is 2.48. The second-order valence-corrected chi connectivity index (χ2v) is 5.96. The molecule has 0 atom stereocenters. The molecule has 1 heterocycles. The molecule has 2 aromatic rings. The van der Waals surface area contributed by atoms with E-state index in [0.717, 1.165) is 10.2 Å². The lowest BCUT2D eigenvalue weighted by Crippen LogP contribution is -2.12. The van der Waals surface area contributed by atoms with Crippen LogP contribution in [0.15, 0.2) is 47.1 Å². The van der Waals surface area contributed by atoms with Crippen LogP contribution >= 0.6 is 15.9 Å². The second-order valence-electron chi connectivity index (χ2n) is 5.05. The smallest absolute Gasteiger partial charge is 0.256 e. The largest absolute Gasteiger partial charge is 0.493 e. The summed E-state index contributed by atoms with van der Waals surface area (Å²) in [4.78, 5) is 16.2. The molecular weight excluding hydrogens is 332 g/mol. The third kappa shape index (κ3) is 4.86. The number of pyridine rings is 1. The Morgan fingerprint density at radius 1 is 1.24 bits per heavy atom. The molecule has 110 valence electrons. The van der Waals surface area contributed by atoms with Gasteiger partial charge in [-0.25, -0.2) is 4.98 Å². The Balaban J connectivity index is 1.97. The average molecular weight is 349 g/mol. The van der Waals surface area contributed by atoms with E-state index in [2.05, 4.69) is 40.1 Å². The van der Waals surface area contributed by atoms with Gasteiger partial charge in [0.1, 0.15) is 11.6 Å². The minimum Gasteiger partial charge on any atom is -0.493 e. The van der Waals surface area contributed by atoms with Crippen molar-refractivity contribution >= 4 is 27.7 Å². The lowest BCUT2D eigenvalue weighted by atomic mass is 10.2. The molecule has 0 spiro atoms. The summed E-state index contributed by atoms with van der Waals surface area (Å²) < 4.78 is 6.45. The molecule has 0 aliphatic carbocycles. The second kappa shape index (κ2) is 7.22. The summed E-state index contributed by atoms with van der Waals surface area (Å²) in [7, 11) is 0. The van der Waals surface area contributed by atoms with E-state index in [0.29, 0.717) is 23.9 Å². The molecule has 2 rings (SSSR count). The fourth-order valence-electron chi connectivity index (χ4n) is 1.60. The highest BCUT2D eigenvalue weighted by Crippen LogP contribution is 2.15. The molecule has 0 aliphatic rings. The van der Waals surface area contributed by atoms with Crippen molar-refractivity contribution in [3.05, 3.63) is 52.6 Å². The normalized spacial score (nSPS) is 10.5. The van der Waals surface area contributed by atoms with Gasteiger partial charge in [0.05, 0.1) is 6.61 Å². The van der Waals surface area contributed by atoms with Crippen LogP contribution in [0.25, 0.3) is 0 Å². The Bertz CT molecular complexity index is 595. The van der Waals surface area contributed by atoms with E-state index >= 15 is 0 Å². The number of carbonyl (C=O) groups excluding carboxylic acids is 1. The van der Waals surface area contributed by atoms with Crippen molar-refractivity contribution in [2.24, 2.45) is 5.92 Å². The first kappa shape index (κ1) is 15.5. The number of amides is 1. The van der Waals surface area contributed by atoms with Crippen LogP contribution in [-0.2, 0) is 0 Å². The molecule has 0 radical (unpaired) electrons.